The Balaban J connectivity index is 2.02. The zero-order valence-corrected chi connectivity index (χ0v) is 10.0. The lowest BCUT2D eigenvalue weighted by atomic mass is 10.4. The number of rotatable bonds is 4. The molecule has 4 nitrogen and oxygen atoms in total. The maximum atomic E-state index is 5.97. The highest BCUT2D eigenvalue weighted by molar-refractivity contribution is 8.00. The van der Waals surface area contributed by atoms with E-state index in [0.717, 1.165) is 6.54 Å². The molecule has 1 fully saturated rings. The zero-order chi connectivity index (χ0) is 10.9. The van der Waals surface area contributed by atoms with Crippen LogP contribution in [0.5, 0.6) is 0 Å². The average Bonchev–Trinajstić information content (AvgIpc) is 3.01. The highest BCUT2D eigenvalue weighted by atomic mass is 35.5. The van der Waals surface area contributed by atoms with Crippen LogP contribution >= 0.6 is 23.4 Å². The molecule has 15 heavy (non-hydrogen) atoms. The van der Waals surface area contributed by atoms with Gasteiger partial charge in [-0.05, 0) is 19.1 Å². The van der Waals surface area contributed by atoms with Gasteiger partial charge in [-0.3, -0.25) is 0 Å². The van der Waals surface area contributed by atoms with Crippen molar-refractivity contribution in [2.24, 2.45) is 0 Å². The molecule has 0 radical (unpaired) electrons. The first-order chi connectivity index (χ1) is 7.17. The maximum absolute atomic E-state index is 5.97. The molecule has 0 unspecified atom stereocenters. The van der Waals surface area contributed by atoms with Crippen molar-refractivity contribution in [2.45, 2.75) is 17.6 Å². The van der Waals surface area contributed by atoms with Gasteiger partial charge in [0.1, 0.15) is 23.0 Å². The van der Waals surface area contributed by atoms with Crippen LogP contribution < -0.4 is 11.1 Å². The number of hydrogen-bond acceptors (Lipinski definition) is 5. The van der Waals surface area contributed by atoms with Crippen LogP contribution in [0.15, 0.2) is 6.33 Å². The predicted octanol–water partition coefficient (Wildman–Crippen LogP) is 2.02. The van der Waals surface area contributed by atoms with Gasteiger partial charge in [-0.2, -0.15) is 11.8 Å². The Bertz CT molecular complexity index is 367. The van der Waals surface area contributed by atoms with Crippen LogP contribution in [0.2, 0.25) is 5.02 Å². The van der Waals surface area contributed by atoms with Gasteiger partial charge >= 0.3 is 0 Å². The van der Waals surface area contributed by atoms with E-state index in [4.69, 9.17) is 17.3 Å². The quantitative estimate of drug-likeness (QED) is 0.849. The van der Waals surface area contributed by atoms with E-state index >= 15 is 0 Å². The fraction of sp³-hybridized carbons (Fsp3) is 0.556. The third kappa shape index (κ3) is 2.29. The summed E-state index contributed by atoms with van der Waals surface area (Å²) in [4.78, 5) is 7.87. The van der Waals surface area contributed by atoms with E-state index in [1.165, 1.54) is 19.2 Å². The van der Waals surface area contributed by atoms with Crippen molar-refractivity contribution < 1.29 is 0 Å². The Morgan fingerprint density at radius 1 is 1.60 bits per heavy atom. The zero-order valence-electron chi connectivity index (χ0n) is 8.46. The van der Waals surface area contributed by atoms with Gasteiger partial charge in [0.2, 0.25) is 0 Å². The van der Waals surface area contributed by atoms with E-state index in [-0.39, 0.29) is 0 Å². The van der Waals surface area contributed by atoms with E-state index in [0.29, 0.717) is 21.4 Å². The highest BCUT2D eigenvalue weighted by Gasteiger charge is 2.41. The Morgan fingerprint density at radius 2 is 2.33 bits per heavy atom. The van der Waals surface area contributed by atoms with Crippen molar-refractivity contribution >= 4 is 35.0 Å². The summed E-state index contributed by atoms with van der Waals surface area (Å²) in [6.45, 7) is 0.879. The molecule has 6 heteroatoms. The van der Waals surface area contributed by atoms with Gasteiger partial charge in [0.25, 0.3) is 0 Å². The van der Waals surface area contributed by atoms with Crippen molar-refractivity contribution in [1.82, 2.24) is 9.97 Å². The number of halogens is 1. The van der Waals surface area contributed by atoms with Crippen molar-refractivity contribution in [3.8, 4) is 0 Å². The first kappa shape index (κ1) is 10.8. The molecule has 1 heterocycles. The number of nitrogen functional groups attached to an aromatic ring is 1. The summed E-state index contributed by atoms with van der Waals surface area (Å²) in [6, 6.07) is 0. The van der Waals surface area contributed by atoms with E-state index in [9.17, 15) is 0 Å². The van der Waals surface area contributed by atoms with Crippen molar-refractivity contribution in [3.63, 3.8) is 0 Å². The topological polar surface area (TPSA) is 63.8 Å². The van der Waals surface area contributed by atoms with Crippen LogP contribution in [0.25, 0.3) is 0 Å². The first-order valence-electron chi connectivity index (χ1n) is 4.72. The molecule has 1 saturated carbocycles. The predicted molar refractivity (Wildman–Crippen MR) is 65.4 cm³/mol. The number of nitrogens with two attached hydrogens (primary N) is 1. The summed E-state index contributed by atoms with van der Waals surface area (Å²) in [5.41, 5.74) is 5.58. The summed E-state index contributed by atoms with van der Waals surface area (Å²) in [7, 11) is 0. The SMILES string of the molecule is CSC1(CNc2ncnc(N)c2Cl)CC1. The molecule has 1 aromatic rings. The Kier molecular flexibility index (Phi) is 2.93. The molecule has 1 aliphatic carbocycles. The smallest absolute Gasteiger partial charge is 0.150 e. The summed E-state index contributed by atoms with van der Waals surface area (Å²) >= 11 is 7.85. The van der Waals surface area contributed by atoms with Crippen LogP contribution in [-0.4, -0.2) is 27.5 Å². The molecule has 1 aromatic heterocycles. The maximum Gasteiger partial charge on any atom is 0.150 e. The van der Waals surface area contributed by atoms with Gasteiger partial charge in [0.05, 0.1) is 0 Å². The van der Waals surface area contributed by atoms with Crippen molar-refractivity contribution in [3.05, 3.63) is 11.3 Å². The molecule has 3 N–H and O–H groups in total. The minimum atomic E-state index is 0.322. The van der Waals surface area contributed by atoms with Gasteiger partial charge < -0.3 is 11.1 Å². The largest absolute Gasteiger partial charge is 0.382 e. The number of hydrogen-bond donors (Lipinski definition) is 2. The fourth-order valence-electron chi connectivity index (χ4n) is 1.34. The molecule has 0 saturated heterocycles. The minimum Gasteiger partial charge on any atom is -0.382 e. The van der Waals surface area contributed by atoms with Crippen LogP contribution in [0.3, 0.4) is 0 Å². The molecule has 2 rings (SSSR count). The van der Waals surface area contributed by atoms with Crippen LogP contribution in [0, 0.1) is 0 Å². The second-order valence-corrected chi connectivity index (χ2v) is 5.31. The number of anilines is 2. The molecular weight excluding hydrogens is 232 g/mol. The fourth-order valence-corrected chi connectivity index (χ4v) is 2.24. The summed E-state index contributed by atoms with van der Waals surface area (Å²) in [5.74, 6) is 0.952. The Hall–Kier alpha value is -0.680. The van der Waals surface area contributed by atoms with E-state index < -0.39 is 0 Å². The van der Waals surface area contributed by atoms with E-state index in [1.807, 2.05) is 11.8 Å². The molecule has 1 aliphatic rings. The number of nitrogens with zero attached hydrogens (tertiary/aromatic N) is 2. The van der Waals surface area contributed by atoms with Gasteiger partial charge in [-0.15, -0.1) is 0 Å². The molecule has 0 bridgehead atoms. The molecule has 0 atom stereocenters. The van der Waals surface area contributed by atoms with Gasteiger partial charge in [0, 0.05) is 11.3 Å². The van der Waals surface area contributed by atoms with Gasteiger partial charge in [-0.1, -0.05) is 11.6 Å². The summed E-state index contributed by atoms with van der Waals surface area (Å²) in [6.07, 6.45) is 6.05. The Morgan fingerprint density at radius 3 is 2.93 bits per heavy atom. The Labute approximate surface area is 98.0 Å². The molecule has 0 spiro atoms. The second-order valence-electron chi connectivity index (χ2n) is 3.66. The highest BCUT2D eigenvalue weighted by Crippen LogP contribution is 2.47. The molecule has 82 valence electrons. The normalized spacial score (nSPS) is 17.5. The van der Waals surface area contributed by atoms with Crippen molar-refractivity contribution in [2.75, 3.05) is 23.9 Å². The summed E-state index contributed by atoms with van der Waals surface area (Å²) in [5, 5.41) is 3.64. The second kappa shape index (κ2) is 4.06. The van der Waals surface area contributed by atoms with Crippen LogP contribution in [0.1, 0.15) is 12.8 Å². The number of thioether (sulfide) groups is 1. The lowest BCUT2D eigenvalue weighted by Gasteiger charge is -2.14. The third-order valence-electron chi connectivity index (χ3n) is 2.64. The molecule has 0 amide bonds. The first-order valence-corrected chi connectivity index (χ1v) is 6.32. The third-order valence-corrected chi connectivity index (χ3v) is 4.43. The lowest BCUT2D eigenvalue weighted by molar-refractivity contribution is 0.938. The lowest BCUT2D eigenvalue weighted by Crippen LogP contribution is -2.18. The number of nitrogens with one attached hydrogen (secondary N) is 1. The standard InChI is InChI=1S/C9H13ClN4S/c1-15-9(2-3-9)4-12-8-6(10)7(11)13-5-14-8/h5H,2-4H2,1H3,(H3,11,12,13,14). The van der Waals surface area contributed by atoms with E-state index in [2.05, 4.69) is 21.5 Å². The summed E-state index contributed by atoms with van der Waals surface area (Å²) < 4.78 is 0.378. The average molecular weight is 245 g/mol. The minimum absolute atomic E-state index is 0.322. The van der Waals surface area contributed by atoms with Gasteiger partial charge in [-0.25, -0.2) is 9.97 Å². The molecular formula is C9H13ClN4S. The van der Waals surface area contributed by atoms with Crippen LogP contribution in [0.4, 0.5) is 11.6 Å². The van der Waals surface area contributed by atoms with Crippen LogP contribution in [-0.2, 0) is 0 Å². The number of aromatic nitrogens is 2. The molecule has 0 aliphatic heterocycles. The van der Waals surface area contributed by atoms with E-state index in [1.54, 1.807) is 0 Å². The molecule has 0 aromatic carbocycles. The van der Waals surface area contributed by atoms with Gasteiger partial charge in [0.15, 0.2) is 0 Å². The van der Waals surface area contributed by atoms with Crippen molar-refractivity contribution in [1.29, 1.82) is 0 Å². The monoisotopic (exact) mass is 244 g/mol.